The van der Waals surface area contributed by atoms with Crippen LogP contribution in [0.3, 0.4) is 0 Å². The molecule has 1 atom stereocenters. The van der Waals surface area contributed by atoms with Gasteiger partial charge in [0.2, 0.25) is 11.8 Å². The van der Waals surface area contributed by atoms with E-state index in [9.17, 15) is 14.5 Å². The smallest absolute Gasteiger partial charge is 0.244 e. The zero-order valence-electron chi connectivity index (χ0n) is 14.6. The van der Waals surface area contributed by atoms with Crippen molar-refractivity contribution in [2.75, 3.05) is 12.3 Å². The van der Waals surface area contributed by atoms with Gasteiger partial charge in [-0.05, 0) is 13.8 Å². The Kier molecular flexibility index (Phi) is 6.08. The van der Waals surface area contributed by atoms with Crippen molar-refractivity contribution in [3.8, 4) is 0 Å². The van der Waals surface area contributed by atoms with Crippen LogP contribution in [0.15, 0.2) is 17.2 Å². The molecular formula is C14H20N8O3S. The van der Waals surface area contributed by atoms with Crippen molar-refractivity contribution in [3.05, 3.63) is 17.6 Å². The number of aromatic nitrogens is 4. The standard InChI is InChI=1S/C14H20N8O3S/c1-8(23)20-10(14(2,3)26-21-25)13(24)16-4-5-22-7-19-9-11(15)17-6-18-12(9)22/h6-7,10H,4-5H2,1-3H3,(H,16,24)(H,20,23)(H2,15,17,18)/t10-/m0/s1. The van der Waals surface area contributed by atoms with Crippen molar-refractivity contribution in [3.63, 3.8) is 0 Å². The van der Waals surface area contributed by atoms with Gasteiger partial charge < -0.3 is 20.9 Å². The Hall–Kier alpha value is -2.76. The molecule has 0 fully saturated rings. The Bertz CT molecular complexity index is 822. The van der Waals surface area contributed by atoms with Crippen LogP contribution in [0.25, 0.3) is 11.2 Å². The second-order valence-corrected chi connectivity index (χ2v) is 7.45. The Morgan fingerprint density at radius 1 is 1.38 bits per heavy atom. The summed E-state index contributed by atoms with van der Waals surface area (Å²) in [6, 6.07) is -0.916. The van der Waals surface area contributed by atoms with E-state index in [1.54, 1.807) is 24.7 Å². The summed E-state index contributed by atoms with van der Waals surface area (Å²) in [5.74, 6) is -0.513. The molecule has 0 saturated carbocycles. The number of nitroso groups, excluding NO2 is 1. The predicted octanol–water partition coefficient (Wildman–Crippen LogP) is 0.223. The van der Waals surface area contributed by atoms with Gasteiger partial charge in [0.1, 0.15) is 17.9 Å². The van der Waals surface area contributed by atoms with Gasteiger partial charge in [-0.25, -0.2) is 15.0 Å². The molecule has 0 aliphatic rings. The minimum atomic E-state index is -0.916. The van der Waals surface area contributed by atoms with Crippen molar-refractivity contribution >= 4 is 40.7 Å². The SMILES string of the molecule is CC(=O)N[C@@H](C(=O)NCCn1cnc2c(N)ncnc21)C(C)(C)SN=O. The summed E-state index contributed by atoms with van der Waals surface area (Å²) in [5, 5.41) is 5.29. The number of carbonyl (C=O) groups excluding carboxylic acids is 2. The summed E-state index contributed by atoms with van der Waals surface area (Å²) < 4.78 is 3.61. The number of hydrogen-bond acceptors (Lipinski definition) is 9. The molecule has 2 heterocycles. The summed E-state index contributed by atoms with van der Waals surface area (Å²) >= 11 is 0.695. The molecule has 0 bridgehead atoms. The molecule has 0 aliphatic heterocycles. The minimum absolute atomic E-state index is 0.263. The van der Waals surface area contributed by atoms with Crippen LogP contribution < -0.4 is 16.4 Å². The van der Waals surface area contributed by atoms with Gasteiger partial charge in [0.15, 0.2) is 11.5 Å². The maximum absolute atomic E-state index is 12.5. The highest BCUT2D eigenvalue weighted by molar-refractivity contribution is 7.99. The fraction of sp³-hybridized carbons (Fsp3) is 0.500. The van der Waals surface area contributed by atoms with Crippen LogP contribution in [0.2, 0.25) is 0 Å². The highest BCUT2D eigenvalue weighted by Crippen LogP contribution is 2.29. The van der Waals surface area contributed by atoms with Crippen LogP contribution in [0.4, 0.5) is 5.82 Å². The van der Waals surface area contributed by atoms with E-state index in [0.29, 0.717) is 29.7 Å². The van der Waals surface area contributed by atoms with Crippen LogP contribution in [0, 0.1) is 4.91 Å². The number of anilines is 1. The number of nitrogens with two attached hydrogens (primary N) is 1. The third-order valence-electron chi connectivity index (χ3n) is 3.66. The lowest BCUT2D eigenvalue weighted by atomic mass is 10.0. The Labute approximate surface area is 153 Å². The van der Waals surface area contributed by atoms with Gasteiger partial charge in [-0.3, -0.25) is 9.59 Å². The van der Waals surface area contributed by atoms with E-state index in [0.717, 1.165) is 0 Å². The molecule has 26 heavy (non-hydrogen) atoms. The van der Waals surface area contributed by atoms with Crippen LogP contribution in [-0.2, 0) is 16.1 Å². The number of imidazole rings is 1. The molecule has 0 saturated heterocycles. The average molecular weight is 380 g/mol. The minimum Gasteiger partial charge on any atom is -0.382 e. The van der Waals surface area contributed by atoms with Gasteiger partial charge in [0, 0.05) is 36.5 Å². The first-order chi connectivity index (χ1) is 12.3. The number of nitrogens with zero attached hydrogens (tertiary/aromatic N) is 5. The van der Waals surface area contributed by atoms with Gasteiger partial charge in [-0.1, -0.05) is 0 Å². The molecule has 0 spiro atoms. The van der Waals surface area contributed by atoms with Crippen LogP contribution in [0.5, 0.6) is 0 Å². The number of rotatable bonds is 8. The molecule has 0 aromatic carbocycles. The van der Waals surface area contributed by atoms with Crippen molar-refractivity contribution in [1.29, 1.82) is 0 Å². The van der Waals surface area contributed by atoms with Gasteiger partial charge in [0.05, 0.1) is 11.1 Å². The van der Waals surface area contributed by atoms with Crippen LogP contribution >= 0.6 is 11.9 Å². The Morgan fingerprint density at radius 2 is 2.12 bits per heavy atom. The first-order valence-electron chi connectivity index (χ1n) is 7.73. The summed E-state index contributed by atoms with van der Waals surface area (Å²) in [6.45, 7) is 5.27. The molecule has 140 valence electrons. The molecule has 11 nitrogen and oxygen atoms in total. The van der Waals surface area contributed by atoms with E-state index in [4.69, 9.17) is 5.73 Å². The van der Waals surface area contributed by atoms with E-state index in [-0.39, 0.29) is 18.3 Å². The zero-order valence-corrected chi connectivity index (χ0v) is 15.4. The normalized spacial score (nSPS) is 12.6. The van der Waals surface area contributed by atoms with E-state index in [1.165, 1.54) is 13.3 Å². The number of carbonyl (C=O) groups is 2. The third kappa shape index (κ3) is 4.45. The van der Waals surface area contributed by atoms with Gasteiger partial charge in [0.25, 0.3) is 0 Å². The molecule has 0 aliphatic carbocycles. The first kappa shape index (κ1) is 19.6. The second kappa shape index (κ2) is 8.08. The Morgan fingerprint density at radius 3 is 2.77 bits per heavy atom. The topological polar surface area (TPSA) is 157 Å². The molecule has 2 amide bonds. The largest absolute Gasteiger partial charge is 0.382 e. The summed E-state index contributed by atoms with van der Waals surface area (Å²) in [4.78, 5) is 46.6. The van der Waals surface area contributed by atoms with Crippen molar-refractivity contribution in [1.82, 2.24) is 30.2 Å². The number of amides is 2. The van der Waals surface area contributed by atoms with Gasteiger partial charge in [-0.15, -0.1) is 4.91 Å². The third-order valence-corrected chi connectivity index (χ3v) is 4.44. The molecule has 2 aromatic heterocycles. The van der Waals surface area contributed by atoms with Crippen molar-refractivity contribution in [2.24, 2.45) is 4.58 Å². The Balaban J connectivity index is 2.04. The van der Waals surface area contributed by atoms with Crippen molar-refractivity contribution in [2.45, 2.75) is 38.1 Å². The lowest BCUT2D eigenvalue weighted by Gasteiger charge is -2.30. The maximum atomic E-state index is 12.5. The average Bonchev–Trinajstić information content (AvgIpc) is 2.97. The van der Waals surface area contributed by atoms with E-state index in [2.05, 4.69) is 30.2 Å². The monoisotopic (exact) mass is 380 g/mol. The number of fused-ring (bicyclic) bond motifs is 1. The molecule has 0 radical (unpaired) electrons. The molecular weight excluding hydrogens is 360 g/mol. The quantitative estimate of drug-likeness (QED) is 0.433. The lowest BCUT2D eigenvalue weighted by molar-refractivity contribution is -0.128. The molecule has 12 heteroatoms. The predicted molar refractivity (Wildman–Crippen MR) is 97.8 cm³/mol. The molecule has 2 rings (SSSR count). The maximum Gasteiger partial charge on any atom is 0.244 e. The molecule has 4 N–H and O–H groups in total. The highest BCUT2D eigenvalue weighted by Gasteiger charge is 2.37. The van der Waals surface area contributed by atoms with E-state index >= 15 is 0 Å². The summed E-state index contributed by atoms with van der Waals surface area (Å²) in [6.07, 6.45) is 2.90. The van der Waals surface area contributed by atoms with Crippen LogP contribution in [-0.4, -0.2) is 48.7 Å². The summed E-state index contributed by atoms with van der Waals surface area (Å²) in [5.41, 5.74) is 6.79. The van der Waals surface area contributed by atoms with Crippen molar-refractivity contribution < 1.29 is 9.59 Å². The van der Waals surface area contributed by atoms with Gasteiger partial charge in [-0.2, -0.15) is 0 Å². The number of hydrogen-bond donors (Lipinski definition) is 3. The molecule has 2 aromatic rings. The zero-order chi connectivity index (χ0) is 19.3. The van der Waals surface area contributed by atoms with E-state index in [1.807, 2.05) is 0 Å². The van der Waals surface area contributed by atoms with Gasteiger partial charge >= 0.3 is 0 Å². The number of nitrogen functional groups attached to an aromatic ring is 1. The first-order valence-corrected chi connectivity index (χ1v) is 8.50. The highest BCUT2D eigenvalue weighted by atomic mass is 32.2. The fourth-order valence-electron chi connectivity index (χ4n) is 2.37. The lowest BCUT2D eigenvalue weighted by Crippen LogP contribution is -2.56. The fourth-order valence-corrected chi connectivity index (χ4v) is 2.83. The second-order valence-electron chi connectivity index (χ2n) is 6.06. The number of nitrogens with one attached hydrogen (secondary N) is 2. The van der Waals surface area contributed by atoms with Crippen LogP contribution in [0.1, 0.15) is 20.8 Å². The molecule has 0 unspecified atom stereocenters. The summed E-state index contributed by atoms with van der Waals surface area (Å²) in [7, 11) is 0. The van der Waals surface area contributed by atoms with E-state index < -0.39 is 16.7 Å².